The Bertz CT molecular complexity index is 1130. The molecule has 3 aromatic carbocycles. The fourth-order valence-corrected chi connectivity index (χ4v) is 4.66. The van der Waals surface area contributed by atoms with Gasteiger partial charge < -0.3 is 14.5 Å². The van der Waals surface area contributed by atoms with Crippen molar-refractivity contribution in [1.82, 2.24) is 0 Å². The van der Waals surface area contributed by atoms with Crippen LogP contribution in [-0.2, 0) is 4.79 Å². The van der Waals surface area contributed by atoms with Crippen molar-refractivity contribution >= 4 is 39.1 Å². The molecule has 4 rings (SSSR count). The number of anilines is 2. The molecule has 0 saturated heterocycles. The number of nitrogens with zero attached hydrogens (tertiary/aromatic N) is 2. The lowest BCUT2D eigenvalue weighted by atomic mass is 9.89. The molecule has 1 aliphatic rings. The van der Waals surface area contributed by atoms with Gasteiger partial charge in [-0.3, -0.25) is 9.59 Å². The quantitative estimate of drug-likeness (QED) is 0.449. The van der Waals surface area contributed by atoms with E-state index in [1.807, 2.05) is 65.3 Å². The van der Waals surface area contributed by atoms with Gasteiger partial charge in [0.2, 0.25) is 5.91 Å². The lowest BCUT2D eigenvalue weighted by molar-refractivity contribution is -0.117. The smallest absolute Gasteiger partial charge is 0.258 e. The Labute approximate surface area is 196 Å². The molecule has 6 heteroatoms. The number of amides is 2. The summed E-state index contributed by atoms with van der Waals surface area (Å²) in [6, 6.07) is 22.5. The maximum atomic E-state index is 13.5. The zero-order chi connectivity index (χ0) is 22.8. The van der Waals surface area contributed by atoms with Gasteiger partial charge in [0.15, 0.2) is 0 Å². The lowest BCUT2D eigenvalue weighted by Crippen LogP contribution is -2.47. The Morgan fingerprint density at radius 2 is 1.66 bits per heavy atom. The molecule has 0 unspecified atom stereocenters. The predicted molar refractivity (Wildman–Crippen MR) is 130 cm³/mol. The first kappa shape index (κ1) is 22.1. The Morgan fingerprint density at radius 1 is 1.00 bits per heavy atom. The molecule has 0 bridgehead atoms. The molecule has 32 heavy (non-hydrogen) atoms. The number of fused-ring (bicyclic) bond motifs is 1. The number of rotatable bonds is 4. The van der Waals surface area contributed by atoms with Crippen molar-refractivity contribution in [2.45, 2.75) is 32.4 Å². The first-order valence-electron chi connectivity index (χ1n) is 10.5. The van der Waals surface area contributed by atoms with Crippen molar-refractivity contribution in [2.24, 2.45) is 0 Å². The number of hydrogen-bond acceptors (Lipinski definition) is 3. The van der Waals surface area contributed by atoms with E-state index in [4.69, 9.17) is 4.74 Å². The zero-order valence-electron chi connectivity index (χ0n) is 18.3. The highest BCUT2D eigenvalue weighted by molar-refractivity contribution is 9.10. The van der Waals surface area contributed by atoms with Crippen molar-refractivity contribution in [3.63, 3.8) is 0 Å². The van der Waals surface area contributed by atoms with Gasteiger partial charge in [-0.05, 0) is 73.5 Å². The van der Waals surface area contributed by atoms with E-state index in [2.05, 4.69) is 15.9 Å². The average Bonchev–Trinajstić information content (AvgIpc) is 2.80. The van der Waals surface area contributed by atoms with E-state index in [0.717, 1.165) is 21.4 Å². The Balaban J connectivity index is 1.75. The van der Waals surface area contributed by atoms with E-state index in [0.29, 0.717) is 17.7 Å². The predicted octanol–water partition coefficient (Wildman–Crippen LogP) is 5.99. The van der Waals surface area contributed by atoms with Crippen LogP contribution in [-0.4, -0.2) is 25.0 Å². The van der Waals surface area contributed by atoms with Gasteiger partial charge in [0, 0.05) is 34.4 Å². The Morgan fingerprint density at radius 3 is 2.28 bits per heavy atom. The minimum Gasteiger partial charge on any atom is -0.497 e. The summed E-state index contributed by atoms with van der Waals surface area (Å²) in [6.07, 6.45) is 0.633. The van der Waals surface area contributed by atoms with Gasteiger partial charge in [0.25, 0.3) is 5.91 Å². The first-order valence-corrected chi connectivity index (χ1v) is 11.3. The van der Waals surface area contributed by atoms with Crippen molar-refractivity contribution in [2.75, 3.05) is 16.9 Å². The molecular formula is C26H25BrN2O3. The van der Waals surface area contributed by atoms with Crippen LogP contribution in [0, 0.1) is 0 Å². The third-order valence-corrected chi connectivity index (χ3v) is 6.40. The van der Waals surface area contributed by atoms with Crippen LogP contribution in [0.2, 0.25) is 0 Å². The fraction of sp³-hybridized carbons (Fsp3) is 0.231. The number of carbonyl (C=O) groups excluding carboxylic acids is 2. The highest BCUT2D eigenvalue weighted by Gasteiger charge is 2.38. The molecule has 5 nitrogen and oxygen atoms in total. The third-order valence-electron chi connectivity index (χ3n) is 5.87. The molecule has 0 saturated carbocycles. The molecule has 0 radical (unpaired) electrons. The summed E-state index contributed by atoms with van der Waals surface area (Å²) in [6.45, 7) is 3.62. The second-order valence-electron chi connectivity index (χ2n) is 7.93. The number of hydrogen-bond donors (Lipinski definition) is 0. The highest BCUT2D eigenvalue weighted by atomic mass is 79.9. The standard InChI is InChI=1S/C26H25BrN2O3/c1-17-16-25(29(18(2)30)21-12-10-20(27)11-13-21)23-6-4-5-7-24(23)28(17)26(31)19-8-14-22(32-3)15-9-19/h4-15,17,25H,16H2,1-3H3/t17-,25+/m0/s1. The molecule has 2 amide bonds. The van der Waals surface area contributed by atoms with Crippen molar-refractivity contribution < 1.29 is 14.3 Å². The van der Waals surface area contributed by atoms with E-state index in [1.54, 1.807) is 38.3 Å². The summed E-state index contributed by atoms with van der Waals surface area (Å²) in [5, 5.41) is 0. The van der Waals surface area contributed by atoms with Gasteiger partial charge in [-0.2, -0.15) is 0 Å². The van der Waals surface area contributed by atoms with E-state index in [-0.39, 0.29) is 23.9 Å². The molecule has 1 heterocycles. The van der Waals surface area contributed by atoms with Crippen molar-refractivity contribution in [3.05, 3.63) is 88.4 Å². The van der Waals surface area contributed by atoms with Crippen LogP contribution < -0.4 is 14.5 Å². The molecule has 164 valence electrons. The molecule has 0 aliphatic carbocycles. The van der Waals surface area contributed by atoms with Gasteiger partial charge in [0.1, 0.15) is 5.75 Å². The minimum atomic E-state index is -0.167. The van der Waals surface area contributed by atoms with Crippen molar-refractivity contribution in [1.29, 1.82) is 0 Å². The summed E-state index contributed by atoms with van der Waals surface area (Å²) in [7, 11) is 1.60. The zero-order valence-corrected chi connectivity index (χ0v) is 19.9. The third kappa shape index (κ3) is 4.15. The number of ether oxygens (including phenoxy) is 1. The maximum absolute atomic E-state index is 13.5. The summed E-state index contributed by atoms with van der Waals surface area (Å²) in [4.78, 5) is 29.9. The molecule has 1 aliphatic heterocycles. The lowest BCUT2D eigenvalue weighted by Gasteiger charge is -2.43. The maximum Gasteiger partial charge on any atom is 0.258 e. The van der Waals surface area contributed by atoms with E-state index in [9.17, 15) is 9.59 Å². The van der Waals surface area contributed by atoms with Gasteiger partial charge in [-0.25, -0.2) is 0 Å². The minimum absolute atomic E-state index is 0.0331. The Kier molecular flexibility index (Phi) is 6.33. The number of halogens is 1. The molecule has 0 N–H and O–H groups in total. The molecule has 2 atom stereocenters. The number of para-hydroxylation sites is 1. The van der Waals surface area contributed by atoms with E-state index in [1.165, 1.54) is 0 Å². The fourth-order valence-electron chi connectivity index (χ4n) is 4.39. The van der Waals surface area contributed by atoms with E-state index >= 15 is 0 Å². The van der Waals surface area contributed by atoms with Crippen LogP contribution in [0.1, 0.15) is 42.2 Å². The SMILES string of the molecule is COc1ccc(C(=O)N2c3ccccc3[C@H](N(C(C)=O)c3ccc(Br)cc3)C[C@@H]2C)cc1. The molecule has 0 spiro atoms. The van der Waals surface area contributed by atoms with Crippen LogP contribution in [0.3, 0.4) is 0 Å². The second-order valence-corrected chi connectivity index (χ2v) is 8.84. The average molecular weight is 493 g/mol. The van der Waals surface area contributed by atoms with Crippen LogP contribution in [0.15, 0.2) is 77.3 Å². The normalized spacial score (nSPS) is 17.4. The summed E-state index contributed by atoms with van der Waals surface area (Å²) in [5.74, 6) is 0.610. The van der Waals surface area contributed by atoms with Gasteiger partial charge in [-0.15, -0.1) is 0 Å². The first-order chi connectivity index (χ1) is 15.4. The van der Waals surface area contributed by atoms with E-state index < -0.39 is 0 Å². The van der Waals surface area contributed by atoms with Gasteiger partial charge in [0.05, 0.1) is 13.2 Å². The molecule has 3 aromatic rings. The monoisotopic (exact) mass is 492 g/mol. The summed E-state index contributed by atoms with van der Waals surface area (Å²) >= 11 is 3.46. The summed E-state index contributed by atoms with van der Waals surface area (Å²) in [5.41, 5.74) is 3.23. The second kappa shape index (κ2) is 9.17. The van der Waals surface area contributed by atoms with Gasteiger partial charge in [-0.1, -0.05) is 34.1 Å². The topological polar surface area (TPSA) is 49.9 Å². The van der Waals surface area contributed by atoms with Crippen LogP contribution in [0.4, 0.5) is 11.4 Å². The summed E-state index contributed by atoms with van der Waals surface area (Å²) < 4.78 is 6.18. The molecule has 0 fully saturated rings. The molecular weight excluding hydrogens is 468 g/mol. The number of carbonyl (C=O) groups is 2. The van der Waals surface area contributed by atoms with Crippen LogP contribution in [0.25, 0.3) is 0 Å². The number of benzene rings is 3. The highest BCUT2D eigenvalue weighted by Crippen LogP contribution is 2.42. The van der Waals surface area contributed by atoms with Crippen LogP contribution >= 0.6 is 15.9 Å². The van der Waals surface area contributed by atoms with Crippen LogP contribution in [0.5, 0.6) is 5.75 Å². The van der Waals surface area contributed by atoms with Gasteiger partial charge >= 0.3 is 0 Å². The molecule has 0 aromatic heterocycles. The van der Waals surface area contributed by atoms with Crippen molar-refractivity contribution in [3.8, 4) is 5.75 Å². The largest absolute Gasteiger partial charge is 0.497 e. The number of methoxy groups -OCH3 is 1. The Hall–Kier alpha value is -3.12.